The predicted molar refractivity (Wildman–Crippen MR) is 63.8 cm³/mol. The van der Waals surface area contributed by atoms with E-state index in [1.165, 1.54) is 24.3 Å². The Morgan fingerprint density at radius 1 is 0.895 bits per heavy atom. The molecular formula is C14H8F2O3. The summed E-state index contributed by atoms with van der Waals surface area (Å²) in [6.07, 6.45) is 0. The number of carboxylic acid groups (broad SMARTS) is 1. The molecule has 3 nitrogen and oxygen atoms in total. The maximum atomic E-state index is 13.1. The Bertz CT molecular complexity index is 645. The summed E-state index contributed by atoms with van der Waals surface area (Å²) in [7, 11) is 0. The number of aliphatic carboxylic acids is 1. The molecule has 0 aliphatic rings. The number of carboxylic acids is 1. The monoisotopic (exact) mass is 262 g/mol. The Balaban J connectivity index is 2.49. The van der Waals surface area contributed by atoms with Crippen molar-refractivity contribution in [3.63, 3.8) is 0 Å². The fraction of sp³-hybridized carbons (Fsp3) is 0. The van der Waals surface area contributed by atoms with Crippen LogP contribution in [0.3, 0.4) is 0 Å². The van der Waals surface area contributed by atoms with Gasteiger partial charge in [0.05, 0.1) is 0 Å². The van der Waals surface area contributed by atoms with E-state index < -0.39 is 23.4 Å². The Morgan fingerprint density at radius 2 is 1.53 bits per heavy atom. The smallest absolute Gasteiger partial charge is 0.377 e. The number of halogens is 2. The summed E-state index contributed by atoms with van der Waals surface area (Å²) in [4.78, 5) is 21.9. The number of hydrogen-bond donors (Lipinski definition) is 1. The number of ketones is 1. The normalized spacial score (nSPS) is 10.2. The fourth-order valence-corrected chi connectivity index (χ4v) is 1.68. The van der Waals surface area contributed by atoms with Gasteiger partial charge in [0.25, 0.3) is 5.78 Å². The third-order valence-corrected chi connectivity index (χ3v) is 2.51. The lowest BCUT2D eigenvalue weighted by Crippen LogP contribution is -2.12. The van der Waals surface area contributed by atoms with Crippen LogP contribution in [0.15, 0.2) is 42.5 Å². The zero-order chi connectivity index (χ0) is 14.0. The van der Waals surface area contributed by atoms with E-state index in [2.05, 4.69) is 0 Å². The summed E-state index contributed by atoms with van der Waals surface area (Å²) in [5, 5.41) is 8.62. The Labute approximate surface area is 107 Å². The lowest BCUT2D eigenvalue weighted by Gasteiger charge is -2.04. The highest BCUT2D eigenvalue weighted by Crippen LogP contribution is 2.22. The molecule has 0 aliphatic carbocycles. The van der Waals surface area contributed by atoms with Crippen molar-refractivity contribution in [3.05, 3.63) is 59.7 Å². The summed E-state index contributed by atoms with van der Waals surface area (Å²) in [6, 6.07) is 8.54. The third kappa shape index (κ3) is 2.82. The lowest BCUT2D eigenvalue weighted by molar-refractivity contribution is -0.131. The van der Waals surface area contributed by atoms with E-state index in [0.717, 1.165) is 18.2 Å². The standard InChI is InChI=1S/C14H8F2O3/c15-11-5-10(6-12(16)7-11)8-2-1-3-9(4-8)13(17)14(18)19/h1-7H,(H,18,19). The minimum Gasteiger partial charge on any atom is -0.475 e. The molecule has 0 saturated carbocycles. The molecule has 0 atom stereocenters. The molecule has 0 radical (unpaired) electrons. The van der Waals surface area contributed by atoms with Gasteiger partial charge in [0, 0.05) is 11.6 Å². The Morgan fingerprint density at radius 3 is 2.11 bits per heavy atom. The van der Waals surface area contributed by atoms with E-state index in [9.17, 15) is 18.4 Å². The van der Waals surface area contributed by atoms with Crippen molar-refractivity contribution in [2.75, 3.05) is 0 Å². The summed E-state index contributed by atoms with van der Waals surface area (Å²) < 4.78 is 26.2. The molecule has 0 aliphatic heterocycles. The van der Waals surface area contributed by atoms with Crippen molar-refractivity contribution in [1.82, 2.24) is 0 Å². The molecule has 2 aromatic rings. The van der Waals surface area contributed by atoms with E-state index in [4.69, 9.17) is 5.11 Å². The number of benzene rings is 2. The zero-order valence-corrected chi connectivity index (χ0v) is 9.56. The zero-order valence-electron chi connectivity index (χ0n) is 9.56. The van der Waals surface area contributed by atoms with Crippen LogP contribution in [0, 0.1) is 11.6 Å². The first-order chi connectivity index (χ1) is 8.97. The molecule has 5 heteroatoms. The van der Waals surface area contributed by atoms with Gasteiger partial charge >= 0.3 is 5.97 Å². The minimum absolute atomic E-state index is 0.0466. The second-order valence-electron chi connectivity index (χ2n) is 3.87. The largest absolute Gasteiger partial charge is 0.475 e. The molecule has 1 N–H and O–H groups in total. The van der Waals surface area contributed by atoms with Gasteiger partial charge in [0.1, 0.15) is 11.6 Å². The molecule has 96 valence electrons. The summed E-state index contributed by atoms with van der Waals surface area (Å²) in [5.41, 5.74) is 0.553. The maximum absolute atomic E-state index is 13.1. The highest BCUT2D eigenvalue weighted by molar-refractivity contribution is 6.39. The SMILES string of the molecule is O=C(O)C(=O)c1cccc(-c2cc(F)cc(F)c2)c1. The van der Waals surface area contributed by atoms with Crippen LogP contribution in [0.5, 0.6) is 0 Å². The summed E-state index contributed by atoms with van der Waals surface area (Å²) >= 11 is 0. The quantitative estimate of drug-likeness (QED) is 0.683. The first-order valence-electron chi connectivity index (χ1n) is 5.31. The van der Waals surface area contributed by atoms with E-state index in [1.807, 2.05) is 0 Å². The third-order valence-electron chi connectivity index (χ3n) is 2.51. The van der Waals surface area contributed by atoms with Gasteiger partial charge in [-0.25, -0.2) is 13.6 Å². The predicted octanol–water partition coefficient (Wildman–Crippen LogP) is 2.90. The second-order valence-corrected chi connectivity index (χ2v) is 3.87. The van der Waals surface area contributed by atoms with Crippen LogP contribution in [-0.2, 0) is 4.79 Å². The summed E-state index contributed by atoms with van der Waals surface area (Å²) in [5.74, 6) is -4.14. The molecule has 0 saturated heterocycles. The maximum Gasteiger partial charge on any atom is 0.377 e. The van der Waals surface area contributed by atoms with Crippen LogP contribution in [0.25, 0.3) is 11.1 Å². The molecule has 0 bridgehead atoms. The van der Waals surface area contributed by atoms with Crippen LogP contribution in [0.2, 0.25) is 0 Å². The first kappa shape index (κ1) is 12.9. The van der Waals surface area contributed by atoms with Gasteiger partial charge < -0.3 is 5.11 Å². The highest BCUT2D eigenvalue weighted by atomic mass is 19.1. The summed E-state index contributed by atoms with van der Waals surface area (Å²) in [6.45, 7) is 0. The van der Waals surface area contributed by atoms with E-state index in [-0.39, 0.29) is 11.1 Å². The van der Waals surface area contributed by atoms with Crippen LogP contribution in [0.4, 0.5) is 8.78 Å². The lowest BCUT2D eigenvalue weighted by atomic mass is 10.0. The van der Waals surface area contributed by atoms with Crippen molar-refractivity contribution in [3.8, 4) is 11.1 Å². The molecule has 0 aromatic heterocycles. The molecule has 0 amide bonds. The molecule has 0 unspecified atom stereocenters. The van der Waals surface area contributed by atoms with Gasteiger partial charge in [-0.1, -0.05) is 18.2 Å². The molecule has 0 fully saturated rings. The van der Waals surface area contributed by atoms with E-state index in [0.29, 0.717) is 5.56 Å². The number of rotatable bonds is 3. The van der Waals surface area contributed by atoms with Gasteiger partial charge in [-0.2, -0.15) is 0 Å². The minimum atomic E-state index is -1.58. The van der Waals surface area contributed by atoms with Gasteiger partial charge in [-0.15, -0.1) is 0 Å². The second kappa shape index (κ2) is 4.97. The molecule has 0 spiro atoms. The van der Waals surface area contributed by atoms with Crippen molar-refractivity contribution in [2.24, 2.45) is 0 Å². The van der Waals surface area contributed by atoms with Gasteiger partial charge in [0.2, 0.25) is 0 Å². The average molecular weight is 262 g/mol. The van der Waals surface area contributed by atoms with Gasteiger partial charge in [-0.3, -0.25) is 4.79 Å². The highest BCUT2D eigenvalue weighted by Gasteiger charge is 2.15. The van der Waals surface area contributed by atoms with E-state index >= 15 is 0 Å². The van der Waals surface area contributed by atoms with Crippen LogP contribution in [0.1, 0.15) is 10.4 Å². The average Bonchev–Trinajstić information content (AvgIpc) is 2.36. The molecule has 0 heterocycles. The van der Waals surface area contributed by atoms with Crippen molar-refractivity contribution in [2.45, 2.75) is 0 Å². The van der Waals surface area contributed by atoms with Gasteiger partial charge in [0.15, 0.2) is 0 Å². The molecule has 19 heavy (non-hydrogen) atoms. The Hall–Kier alpha value is -2.56. The first-order valence-corrected chi connectivity index (χ1v) is 5.31. The number of Topliss-reactive ketones (excluding diaryl/α,β-unsaturated/α-hetero) is 1. The molecule has 2 rings (SSSR count). The van der Waals surface area contributed by atoms with Gasteiger partial charge in [-0.05, 0) is 29.3 Å². The number of hydrogen-bond acceptors (Lipinski definition) is 2. The fourth-order valence-electron chi connectivity index (χ4n) is 1.68. The van der Waals surface area contributed by atoms with Crippen molar-refractivity contribution >= 4 is 11.8 Å². The Kier molecular flexibility index (Phi) is 3.37. The van der Waals surface area contributed by atoms with Crippen LogP contribution < -0.4 is 0 Å². The number of carbonyl (C=O) groups excluding carboxylic acids is 1. The molecular weight excluding hydrogens is 254 g/mol. The molecule has 2 aromatic carbocycles. The van der Waals surface area contributed by atoms with Crippen LogP contribution in [-0.4, -0.2) is 16.9 Å². The number of carbonyl (C=O) groups is 2. The van der Waals surface area contributed by atoms with Crippen LogP contribution >= 0.6 is 0 Å². The van der Waals surface area contributed by atoms with Crippen molar-refractivity contribution in [1.29, 1.82) is 0 Å². The van der Waals surface area contributed by atoms with Crippen molar-refractivity contribution < 1.29 is 23.5 Å². The topological polar surface area (TPSA) is 54.4 Å². The van der Waals surface area contributed by atoms with E-state index in [1.54, 1.807) is 0 Å².